The quantitative estimate of drug-likeness (QED) is 0.909. The number of aryl methyl sites for hydroxylation is 1. The molecule has 1 aliphatic heterocycles. The maximum absolute atomic E-state index is 12.2. The highest BCUT2D eigenvalue weighted by Gasteiger charge is 2.22. The molecule has 0 saturated carbocycles. The first-order chi connectivity index (χ1) is 11.5. The van der Waals surface area contributed by atoms with E-state index in [1.807, 2.05) is 31.2 Å². The van der Waals surface area contributed by atoms with Crippen LogP contribution in [0.4, 0.5) is 5.69 Å². The van der Waals surface area contributed by atoms with Crippen LogP contribution in [0.25, 0.3) is 0 Å². The average Bonchev–Trinajstić information content (AvgIpc) is 2.93. The summed E-state index contributed by atoms with van der Waals surface area (Å²) in [5, 5.41) is 10.6. The van der Waals surface area contributed by atoms with E-state index in [1.165, 1.54) is 22.6 Å². The third-order valence-electron chi connectivity index (χ3n) is 3.81. The summed E-state index contributed by atoms with van der Waals surface area (Å²) in [6.45, 7) is 2.48. The van der Waals surface area contributed by atoms with E-state index in [2.05, 4.69) is 5.32 Å². The van der Waals surface area contributed by atoms with Gasteiger partial charge in [-0.1, -0.05) is 29.8 Å². The molecule has 0 aliphatic carbocycles. The molecule has 2 N–H and O–H groups in total. The van der Waals surface area contributed by atoms with Crippen LogP contribution < -0.4 is 10.2 Å². The topological polar surface area (TPSA) is 73.3 Å². The number of carbonyl (C=O) groups excluding carboxylic acids is 2. The number of rotatable bonds is 4. The normalized spacial score (nSPS) is 13.5. The fourth-order valence-corrected chi connectivity index (χ4v) is 2.44. The summed E-state index contributed by atoms with van der Waals surface area (Å²) in [5.74, 6) is -0.309. The molecule has 0 spiro atoms. The predicted molar refractivity (Wildman–Crippen MR) is 93.1 cm³/mol. The Morgan fingerprint density at radius 3 is 2.29 bits per heavy atom. The molecule has 0 aromatic heterocycles. The Balaban J connectivity index is 1.64. The monoisotopic (exact) mass is 319 g/mol. The molecule has 0 saturated heterocycles. The van der Waals surface area contributed by atoms with Crippen molar-refractivity contribution in [2.75, 3.05) is 4.90 Å². The van der Waals surface area contributed by atoms with Crippen molar-refractivity contribution in [1.29, 1.82) is 5.41 Å². The maximum atomic E-state index is 12.2. The predicted octanol–water partition coefficient (Wildman–Crippen LogP) is 2.81. The number of hydrogen-bond acceptors (Lipinski definition) is 3. The zero-order valence-corrected chi connectivity index (χ0v) is 13.2. The molecule has 120 valence electrons. The highest BCUT2D eigenvalue weighted by Crippen LogP contribution is 2.19. The number of amides is 2. The molecule has 0 atom stereocenters. The molecule has 2 amide bonds. The zero-order valence-electron chi connectivity index (χ0n) is 13.2. The molecule has 2 aromatic carbocycles. The second-order valence-electron chi connectivity index (χ2n) is 5.61. The minimum Gasteiger partial charge on any atom is -0.348 e. The van der Waals surface area contributed by atoms with Crippen molar-refractivity contribution in [3.63, 3.8) is 0 Å². The summed E-state index contributed by atoms with van der Waals surface area (Å²) < 4.78 is 0. The van der Waals surface area contributed by atoms with Crippen LogP contribution in [0, 0.1) is 12.3 Å². The van der Waals surface area contributed by atoms with Gasteiger partial charge in [-0.2, -0.15) is 0 Å². The number of anilines is 1. The van der Waals surface area contributed by atoms with Crippen molar-refractivity contribution in [3.8, 4) is 0 Å². The van der Waals surface area contributed by atoms with Gasteiger partial charge in [0, 0.05) is 18.2 Å². The molecule has 3 rings (SSSR count). The van der Waals surface area contributed by atoms with Gasteiger partial charge in [0.25, 0.3) is 11.8 Å². The van der Waals surface area contributed by atoms with Crippen molar-refractivity contribution in [2.24, 2.45) is 0 Å². The number of nitrogens with zero attached hydrogens (tertiary/aromatic N) is 1. The Bertz CT molecular complexity index is 803. The minimum atomic E-state index is -0.253. The Kier molecular flexibility index (Phi) is 4.24. The van der Waals surface area contributed by atoms with Crippen LogP contribution in [-0.4, -0.2) is 17.6 Å². The van der Waals surface area contributed by atoms with Crippen LogP contribution in [0.3, 0.4) is 0 Å². The molecule has 0 fully saturated rings. The number of hydrogen-bond donors (Lipinski definition) is 2. The van der Waals surface area contributed by atoms with Gasteiger partial charge in [0.1, 0.15) is 5.84 Å². The fourth-order valence-electron chi connectivity index (χ4n) is 2.44. The first-order valence-corrected chi connectivity index (χ1v) is 7.59. The highest BCUT2D eigenvalue weighted by molar-refractivity contribution is 6.29. The van der Waals surface area contributed by atoms with Crippen molar-refractivity contribution in [1.82, 2.24) is 5.32 Å². The Hall–Kier alpha value is -3.21. The standard InChI is InChI=1S/C19H17N3O2/c1-13-2-4-14(5-3-13)12-21-19(24)15-6-8-16(9-7-15)22-17(20)10-11-18(22)23/h2-11,20H,12H2,1H3,(H,21,24). The van der Waals surface area contributed by atoms with Gasteiger partial charge in [-0.05, 0) is 42.8 Å². The fraction of sp³-hybridized carbons (Fsp3) is 0.105. The number of nitrogens with one attached hydrogen (secondary N) is 2. The van der Waals surface area contributed by atoms with Crippen LogP contribution in [-0.2, 0) is 11.3 Å². The third-order valence-corrected chi connectivity index (χ3v) is 3.81. The van der Waals surface area contributed by atoms with Gasteiger partial charge in [-0.25, -0.2) is 0 Å². The minimum absolute atomic E-state index is 0.122. The zero-order chi connectivity index (χ0) is 17.1. The molecule has 5 heteroatoms. The largest absolute Gasteiger partial charge is 0.348 e. The molecule has 2 aromatic rings. The van der Waals surface area contributed by atoms with Gasteiger partial charge in [0.05, 0.1) is 5.69 Å². The van der Waals surface area contributed by atoms with Gasteiger partial charge in [-0.3, -0.25) is 19.9 Å². The lowest BCUT2D eigenvalue weighted by Gasteiger charge is -2.16. The van der Waals surface area contributed by atoms with E-state index in [0.29, 0.717) is 17.8 Å². The van der Waals surface area contributed by atoms with Crippen LogP contribution in [0.15, 0.2) is 60.7 Å². The van der Waals surface area contributed by atoms with Crippen molar-refractivity contribution < 1.29 is 9.59 Å². The summed E-state index contributed by atoms with van der Waals surface area (Å²) in [5.41, 5.74) is 3.30. The van der Waals surface area contributed by atoms with E-state index in [4.69, 9.17) is 5.41 Å². The van der Waals surface area contributed by atoms with E-state index < -0.39 is 0 Å². The van der Waals surface area contributed by atoms with Gasteiger partial charge in [-0.15, -0.1) is 0 Å². The summed E-state index contributed by atoms with van der Waals surface area (Å²) in [6.07, 6.45) is 2.80. The van der Waals surface area contributed by atoms with Crippen molar-refractivity contribution in [3.05, 3.63) is 77.4 Å². The molecule has 1 heterocycles. The van der Waals surface area contributed by atoms with Gasteiger partial charge in [0.15, 0.2) is 0 Å². The van der Waals surface area contributed by atoms with E-state index in [-0.39, 0.29) is 17.6 Å². The Morgan fingerprint density at radius 2 is 1.71 bits per heavy atom. The summed E-state index contributed by atoms with van der Waals surface area (Å²) in [4.78, 5) is 25.2. The first kappa shape index (κ1) is 15.7. The van der Waals surface area contributed by atoms with E-state index in [1.54, 1.807) is 24.3 Å². The SMILES string of the molecule is Cc1ccc(CNC(=O)c2ccc(N3C(=N)C=CC3=O)cc2)cc1. The number of amidine groups is 1. The van der Waals surface area contributed by atoms with Crippen molar-refractivity contribution in [2.45, 2.75) is 13.5 Å². The summed E-state index contributed by atoms with van der Waals surface area (Å²) in [6, 6.07) is 14.6. The van der Waals surface area contributed by atoms with Crippen LogP contribution in [0.1, 0.15) is 21.5 Å². The number of carbonyl (C=O) groups is 2. The summed E-state index contributed by atoms with van der Waals surface area (Å²) in [7, 11) is 0. The maximum Gasteiger partial charge on any atom is 0.256 e. The van der Waals surface area contributed by atoms with Gasteiger partial charge < -0.3 is 5.32 Å². The van der Waals surface area contributed by atoms with E-state index in [9.17, 15) is 9.59 Å². The lowest BCUT2D eigenvalue weighted by Crippen LogP contribution is -2.29. The molecule has 1 aliphatic rings. The Morgan fingerprint density at radius 1 is 1.04 bits per heavy atom. The smallest absolute Gasteiger partial charge is 0.256 e. The molecular weight excluding hydrogens is 302 g/mol. The van der Waals surface area contributed by atoms with E-state index in [0.717, 1.165) is 5.56 Å². The van der Waals surface area contributed by atoms with Crippen LogP contribution in [0.2, 0.25) is 0 Å². The third kappa shape index (κ3) is 3.25. The van der Waals surface area contributed by atoms with Crippen molar-refractivity contribution >= 4 is 23.3 Å². The molecule has 0 unspecified atom stereocenters. The average molecular weight is 319 g/mol. The second-order valence-corrected chi connectivity index (χ2v) is 5.61. The summed E-state index contributed by atoms with van der Waals surface area (Å²) >= 11 is 0. The number of benzene rings is 2. The van der Waals surface area contributed by atoms with Gasteiger partial charge in [0.2, 0.25) is 0 Å². The molecule has 0 bridgehead atoms. The van der Waals surface area contributed by atoms with E-state index >= 15 is 0 Å². The Labute approximate surface area is 140 Å². The molecule has 24 heavy (non-hydrogen) atoms. The van der Waals surface area contributed by atoms with Crippen LogP contribution >= 0.6 is 0 Å². The molecule has 0 radical (unpaired) electrons. The first-order valence-electron chi connectivity index (χ1n) is 7.59. The lowest BCUT2D eigenvalue weighted by atomic mass is 10.1. The van der Waals surface area contributed by atoms with Gasteiger partial charge >= 0.3 is 0 Å². The highest BCUT2D eigenvalue weighted by atomic mass is 16.2. The van der Waals surface area contributed by atoms with Crippen LogP contribution in [0.5, 0.6) is 0 Å². The molecule has 5 nitrogen and oxygen atoms in total. The molecular formula is C19H17N3O2. The second kappa shape index (κ2) is 6.50. The lowest BCUT2D eigenvalue weighted by molar-refractivity contribution is -0.113.